The van der Waals surface area contributed by atoms with E-state index in [1.54, 1.807) is 0 Å². The zero-order valence-electron chi connectivity index (χ0n) is 15.7. The van der Waals surface area contributed by atoms with Crippen molar-refractivity contribution < 1.29 is 14.4 Å². The summed E-state index contributed by atoms with van der Waals surface area (Å²) in [7, 11) is -2.62. The van der Waals surface area contributed by atoms with Gasteiger partial charge in [0.25, 0.3) is 8.32 Å². The van der Waals surface area contributed by atoms with Gasteiger partial charge in [0.15, 0.2) is 0 Å². The highest BCUT2D eigenvalue weighted by atomic mass is 28.4. The first-order valence-electron chi connectivity index (χ1n) is 9.12. The van der Waals surface area contributed by atoms with Crippen molar-refractivity contribution in [1.82, 2.24) is 5.06 Å². The van der Waals surface area contributed by atoms with Gasteiger partial charge in [0, 0.05) is 6.42 Å². The Morgan fingerprint density at radius 1 is 1.04 bits per heavy atom. The van der Waals surface area contributed by atoms with Crippen molar-refractivity contribution in [3.05, 3.63) is 60.7 Å². The molecule has 0 unspecified atom stereocenters. The molecular formula is C21H27NO3Si. The van der Waals surface area contributed by atoms with E-state index in [0.717, 1.165) is 5.06 Å². The van der Waals surface area contributed by atoms with Crippen LogP contribution in [0.15, 0.2) is 60.7 Å². The third kappa shape index (κ3) is 3.34. The number of carbonyl (C=O) groups excluding carboxylic acids is 1. The lowest BCUT2D eigenvalue weighted by molar-refractivity contribution is -0.167. The van der Waals surface area contributed by atoms with Gasteiger partial charge in [-0.2, -0.15) is 0 Å². The molecule has 1 saturated heterocycles. The number of hydrogen-bond donors (Lipinski definition) is 1. The topological polar surface area (TPSA) is 49.8 Å². The second-order valence-corrected chi connectivity index (χ2v) is 12.2. The van der Waals surface area contributed by atoms with Gasteiger partial charge in [-0.25, -0.2) is 5.06 Å². The average Bonchev–Trinajstić information content (AvgIpc) is 2.95. The van der Waals surface area contributed by atoms with Crippen LogP contribution in [0.2, 0.25) is 5.04 Å². The average molecular weight is 370 g/mol. The summed E-state index contributed by atoms with van der Waals surface area (Å²) in [6, 6.07) is 20.5. The van der Waals surface area contributed by atoms with Gasteiger partial charge < -0.3 is 4.43 Å². The number of hydrogen-bond acceptors (Lipinski definition) is 3. The maximum atomic E-state index is 11.7. The van der Waals surface area contributed by atoms with Crippen molar-refractivity contribution in [2.75, 3.05) is 6.61 Å². The highest BCUT2D eigenvalue weighted by Crippen LogP contribution is 2.37. The summed E-state index contributed by atoms with van der Waals surface area (Å²) >= 11 is 0. The van der Waals surface area contributed by atoms with Crippen LogP contribution in [0, 0.1) is 0 Å². The van der Waals surface area contributed by atoms with E-state index in [2.05, 4.69) is 45.0 Å². The van der Waals surface area contributed by atoms with Crippen LogP contribution in [-0.4, -0.2) is 37.1 Å². The highest BCUT2D eigenvalue weighted by Gasteiger charge is 2.50. The second-order valence-electron chi connectivity index (χ2n) is 7.91. The van der Waals surface area contributed by atoms with Crippen molar-refractivity contribution in [2.45, 2.75) is 44.7 Å². The lowest BCUT2D eigenvalue weighted by Crippen LogP contribution is -2.67. The highest BCUT2D eigenvalue weighted by molar-refractivity contribution is 6.99. The third-order valence-corrected chi connectivity index (χ3v) is 10.2. The zero-order valence-corrected chi connectivity index (χ0v) is 16.7. The second kappa shape index (κ2) is 7.35. The van der Waals surface area contributed by atoms with E-state index in [-0.39, 0.29) is 17.0 Å². The van der Waals surface area contributed by atoms with Crippen LogP contribution < -0.4 is 10.4 Å². The molecule has 1 amide bonds. The quantitative estimate of drug-likeness (QED) is 0.651. The molecule has 0 saturated carbocycles. The van der Waals surface area contributed by atoms with Crippen molar-refractivity contribution in [2.24, 2.45) is 0 Å². The minimum Gasteiger partial charge on any atom is -0.405 e. The number of amides is 1. The molecule has 1 atom stereocenters. The van der Waals surface area contributed by atoms with Gasteiger partial charge in [-0.05, 0) is 21.8 Å². The number of benzene rings is 2. The van der Waals surface area contributed by atoms with Crippen molar-refractivity contribution >= 4 is 24.6 Å². The molecular weight excluding hydrogens is 342 g/mol. The lowest BCUT2D eigenvalue weighted by atomic mass is 10.2. The smallest absolute Gasteiger partial charge is 0.261 e. The normalized spacial score (nSPS) is 18.4. The largest absolute Gasteiger partial charge is 0.405 e. The fraction of sp³-hybridized carbons (Fsp3) is 0.381. The van der Waals surface area contributed by atoms with Gasteiger partial charge >= 0.3 is 0 Å². The molecule has 1 aliphatic rings. The van der Waals surface area contributed by atoms with Crippen LogP contribution >= 0.6 is 0 Å². The van der Waals surface area contributed by atoms with Gasteiger partial charge in [0.05, 0.1) is 12.6 Å². The van der Waals surface area contributed by atoms with Gasteiger partial charge in [-0.3, -0.25) is 10.0 Å². The zero-order chi connectivity index (χ0) is 18.8. The molecule has 1 heterocycles. The number of nitrogens with zero attached hydrogens (tertiary/aromatic N) is 1. The fourth-order valence-corrected chi connectivity index (χ4v) is 8.47. The Bertz CT molecular complexity index is 703. The number of carbonyl (C=O) groups is 1. The predicted octanol–water partition coefficient (Wildman–Crippen LogP) is 2.94. The van der Waals surface area contributed by atoms with Crippen LogP contribution in [0.4, 0.5) is 0 Å². The molecule has 2 aromatic carbocycles. The molecule has 0 radical (unpaired) electrons. The first-order valence-corrected chi connectivity index (χ1v) is 11.0. The third-order valence-electron chi connectivity index (χ3n) is 5.20. The van der Waals surface area contributed by atoms with E-state index < -0.39 is 8.32 Å². The van der Waals surface area contributed by atoms with Crippen LogP contribution in [0.1, 0.15) is 33.6 Å². The van der Waals surface area contributed by atoms with Crippen LogP contribution in [-0.2, 0) is 9.22 Å². The molecule has 26 heavy (non-hydrogen) atoms. The van der Waals surface area contributed by atoms with E-state index in [9.17, 15) is 10.0 Å². The molecule has 5 heteroatoms. The molecule has 0 bridgehead atoms. The summed E-state index contributed by atoms with van der Waals surface area (Å²) in [5.41, 5.74) is 0. The molecule has 2 aromatic rings. The monoisotopic (exact) mass is 369 g/mol. The van der Waals surface area contributed by atoms with Crippen molar-refractivity contribution in [3.8, 4) is 0 Å². The number of rotatable bonds is 5. The van der Waals surface area contributed by atoms with Gasteiger partial charge in [-0.15, -0.1) is 0 Å². The van der Waals surface area contributed by atoms with E-state index in [4.69, 9.17) is 4.43 Å². The minimum absolute atomic E-state index is 0.112. The molecule has 0 aromatic heterocycles. The van der Waals surface area contributed by atoms with E-state index in [0.29, 0.717) is 19.4 Å². The Kier molecular flexibility index (Phi) is 5.32. The van der Waals surface area contributed by atoms with E-state index >= 15 is 0 Å². The molecule has 1 N–H and O–H groups in total. The molecule has 0 spiro atoms. The summed E-state index contributed by atoms with van der Waals surface area (Å²) in [4.78, 5) is 11.7. The first-order chi connectivity index (χ1) is 12.4. The number of hydroxylamine groups is 2. The van der Waals surface area contributed by atoms with Gasteiger partial charge in [0.1, 0.15) is 0 Å². The summed E-state index contributed by atoms with van der Waals surface area (Å²) in [6.07, 6.45) is 1.01. The predicted molar refractivity (Wildman–Crippen MR) is 105 cm³/mol. The van der Waals surface area contributed by atoms with Crippen LogP contribution in [0.5, 0.6) is 0 Å². The minimum atomic E-state index is -2.62. The molecule has 3 rings (SSSR count). The van der Waals surface area contributed by atoms with E-state index in [1.807, 2.05) is 36.4 Å². The van der Waals surface area contributed by atoms with Crippen molar-refractivity contribution in [3.63, 3.8) is 0 Å². The maximum absolute atomic E-state index is 11.7. The van der Waals surface area contributed by atoms with Gasteiger partial charge in [0.2, 0.25) is 5.91 Å². The molecule has 1 aliphatic heterocycles. The molecule has 138 valence electrons. The van der Waals surface area contributed by atoms with Crippen molar-refractivity contribution in [1.29, 1.82) is 0 Å². The fourth-order valence-electron chi connectivity index (χ4n) is 3.87. The van der Waals surface area contributed by atoms with Gasteiger partial charge in [-0.1, -0.05) is 81.4 Å². The first kappa shape index (κ1) is 18.8. The Balaban J connectivity index is 2.04. The lowest BCUT2D eigenvalue weighted by Gasteiger charge is -2.43. The SMILES string of the molecule is CC(C)(C)[Si](OC[C@@H]1CCC(=O)N1O)(c1ccccc1)c1ccccc1. The maximum Gasteiger partial charge on any atom is 0.261 e. The Morgan fingerprint density at radius 3 is 1.92 bits per heavy atom. The van der Waals surface area contributed by atoms with E-state index in [1.165, 1.54) is 10.4 Å². The summed E-state index contributed by atoms with van der Waals surface area (Å²) in [6.45, 7) is 7.00. The Labute approximate surface area is 156 Å². The summed E-state index contributed by atoms with van der Waals surface area (Å²) < 4.78 is 6.75. The molecule has 4 nitrogen and oxygen atoms in total. The molecule has 1 fully saturated rings. The summed E-state index contributed by atoms with van der Waals surface area (Å²) in [5.74, 6) is -0.221. The Hall–Kier alpha value is -1.95. The van der Waals surface area contributed by atoms with Crippen LogP contribution in [0.3, 0.4) is 0 Å². The van der Waals surface area contributed by atoms with Crippen LogP contribution in [0.25, 0.3) is 0 Å². The molecule has 0 aliphatic carbocycles. The summed E-state index contributed by atoms with van der Waals surface area (Å²) in [5, 5.41) is 13.2. The Morgan fingerprint density at radius 2 is 1.54 bits per heavy atom. The standard InChI is InChI=1S/C21H27NO3Si/c1-21(2,3)26(18-10-6-4-7-11-18,19-12-8-5-9-13-19)25-16-17-14-15-20(23)22(17)24/h4-13,17,24H,14-16H2,1-3H3/t17-/m0/s1.